The zero-order chi connectivity index (χ0) is 16.5. The number of nitrogens with zero attached hydrogens (tertiary/aromatic N) is 1. The van der Waals surface area contributed by atoms with Crippen molar-refractivity contribution in [1.82, 2.24) is 0 Å². The Kier molecular flexibility index (Phi) is 4.18. The van der Waals surface area contributed by atoms with E-state index in [9.17, 15) is 13.2 Å². The maximum Gasteiger partial charge on any atom is 0.417 e. The normalized spacial score (nSPS) is 12.8. The van der Waals surface area contributed by atoms with Crippen LogP contribution in [-0.4, -0.2) is 0 Å². The van der Waals surface area contributed by atoms with E-state index in [2.05, 4.69) is 5.32 Å². The molecule has 0 fully saturated rings. The molecule has 1 aromatic carbocycles. The molecule has 1 heterocycles. The number of hydrogen-bond acceptors (Lipinski definition) is 3. The molecule has 3 nitrogen and oxygen atoms in total. The van der Waals surface area contributed by atoms with Crippen molar-refractivity contribution in [3.8, 4) is 6.07 Å². The number of nitriles is 1. The third kappa shape index (κ3) is 3.25. The minimum Gasteiger partial charge on any atom is -0.466 e. The molecule has 1 atom stereocenters. The molecule has 116 valence electrons. The highest BCUT2D eigenvalue weighted by Gasteiger charge is 2.34. The predicted molar refractivity (Wildman–Crippen MR) is 76.4 cm³/mol. The topological polar surface area (TPSA) is 49.0 Å². The Bertz CT molecular complexity index is 726. The number of halogens is 3. The second-order valence-corrected chi connectivity index (χ2v) is 5.10. The van der Waals surface area contributed by atoms with Gasteiger partial charge in [-0.1, -0.05) is 0 Å². The van der Waals surface area contributed by atoms with Crippen LogP contribution in [-0.2, 0) is 6.18 Å². The highest BCUT2D eigenvalue weighted by molar-refractivity contribution is 5.54. The maximum absolute atomic E-state index is 12.9. The quantitative estimate of drug-likeness (QED) is 0.871. The van der Waals surface area contributed by atoms with Crippen LogP contribution >= 0.6 is 0 Å². The third-order valence-corrected chi connectivity index (χ3v) is 3.37. The summed E-state index contributed by atoms with van der Waals surface area (Å²) in [6, 6.07) is 6.79. The second kappa shape index (κ2) is 5.76. The minimum absolute atomic E-state index is 0.216. The van der Waals surface area contributed by atoms with Crippen molar-refractivity contribution in [3.05, 3.63) is 52.5 Å². The van der Waals surface area contributed by atoms with E-state index >= 15 is 0 Å². The van der Waals surface area contributed by atoms with Crippen LogP contribution in [0.4, 0.5) is 18.9 Å². The van der Waals surface area contributed by atoms with E-state index in [1.807, 2.05) is 19.9 Å². The molecule has 1 N–H and O–H groups in total. The van der Waals surface area contributed by atoms with Gasteiger partial charge in [0.15, 0.2) is 0 Å². The molecule has 0 saturated heterocycles. The average Bonchev–Trinajstić information content (AvgIpc) is 2.76. The van der Waals surface area contributed by atoms with Crippen molar-refractivity contribution in [1.29, 1.82) is 5.26 Å². The molecular weight excluding hydrogens is 293 g/mol. The summed E-state index contributed by atoms with van der Waals surface area (Å²) < 4.78 is 44.3. The van der Waals surface area contributed by atoms with Gasteiger partial charge in [0.05, 0.1) is 23.2 Å². The molecule has 6 heteroatoms. The Hall–Kier alpha value is -2.42. The van der Waals surface area contributed by atoms with Gasteiger partial charge in [-0.25, -0.2) is 0 Å². The van der Waals surface area contributed by atoms with E-state index in [-0.39, 0.29) is 11.6 Å². The monoisotopic (exact) mass is 308 g/mol. The summed E-state index contributed by atoms with van der Waals surface area (Å²) in [5.74, 6) is 1.47. The number of hydrogen-bond donors (Lipinski definition) is 1. The molecule has 0 bridgehead atoms. The Morgan fingerprint density at radius 1 is 1.23 bits per heavy atom. The molecule has 0 aliphatic heterocycles. The van der Waals surface area contributed by atoms with Crippen LogP contribution in [0.1, 0.15) is 41.2 Å². The fourth-order valence-corrected chi connectivity index (χ4v) is 2.37. The predicted octanol–water partition coefficient (Wildman–Crippen LogP) is 4.96. The Balaban J connectivity index is 2.31. The molecule has 0 radical (unpaired) electrons. The zero-order valence-corrected chi connectivity index (χ0v) is 12.4. The number of nitrogens with one attached hydrogen (secondary N) is 1. The van der Waals surface area contributed by atoms with Gasteiger partial charge >= 0.3 is 6.18 Å². The number of alkyl halides is 3. The van der Waals surface area contributed by atoms with Gasteiger partial charge < -0.3 is 9.73 Å². The molecule has 0 aliphatic carbocycles. The molecule has 0 amide bonds. The highest BCUT2D eigenvalue weighted by Crippen LogP contribution is 2.34. The molecule has 1 aromatic heterocycles. The Morgan fingerprint density at radius 3 is 2.41 bits per heavy atom. The van der Waals surface area contributed by atoms with Crippen LogP contribution in [0, 0.1) is 25.2 Å². The van der Waals surface area contributed by atoms with Crippen molar-refractivity contribution in [2.24, 2.45) is 0 Å². The standard InChI is InChI=1S/C16H15F3N2O/c1-9-6-14(11(3)22-9)10(2)21-13-5-4-12(8-20)15(7-13)16(17,18)19/h4-7,10,21H,1-3H3. The first-order chi connectivity index (χ1) is 10.2. The first-order valence-electron chi connectivity index (χ1n) is 6.67. The van der Waals surface area contributed by atoms with Gasteiger partial charge in [0.25, 0.3) is 0 Å². The summed E-state index contributed by atoms with van der Waals surface area (Å²) in [6.45, 7) is 5.45. The van der Waals surface area contributed by atoms with Crippen LogP contribution < -0.4 is 5.32 Å². The summed E-state index contributed by atoms with van der Waals surface area (Å²) in [6.07, 6.45) is -4.56. The lowest BCUT2D eigenvalue weighted by Gasteiger charge is -2.17. The van der Waals surface area contributed by atoms with Gasteiger partial charge in [-0.15, -0.1) is 0 Å². The third-order valence-electron chi connectivity index (χ3n) is 3.37. The Morgan fingerprint density at radius 2 is 1.91 bits per heavy atom. The van der Waals surface area contributed by atoms with Gasteiger partial charge in [0.2, 0.25) is 0 Å². The van der Waals surface area contributed by atoms with Gasteiger partial charge in [0, 0.05) is 11.3 Å². The van der Waals surface area contributed by atoms with Crippen molar-refractivity contribution in [2.45, 2.75) is 33.0 Å². The van der Waals surface area contributed by atoms with Crippen LogP contribution in [0.3, 0.4) is 0 Å². The van der Waals surface area contributed by atoms with E-state index in [0.29, 0.717) is 5.69 Å². The average molecular weight is 308 g/mol. The lowest BCUT2D eigenvalue weighted by atomic mass is 10.1. The van der Waals surface area contributed by atoms with Crippen LogP contribution in [0.15, 0.2) is 28.7 Å². The number of rotatable bonds is 3. The molecule has 0 saturated carbocycles. The number of anilines is 1. The van der Waals surface area contributed by atoms with Crippen molar-refractivity contribution in [3.63, 3.8) is 0 Å². The molecule has 2 rings (SSSR count). The van der Waals surface area contributed by atoms with E-state index < -0.39 is 11.7 Å². The van der Waals surface area contributed by atoms with Gasteiger partial charge in [0.1, 0.15) is 11.5 Å². The maximum atomic E-state index is 12.9. The van der Waals surface area contributed by atoms with E-state index in [4.69, 9.17) is 9.68 Å². The van der Waals surface area contributed by atoms with Gasteiger partial charge in [-0.05, 0) is 45.0 Å². The number of furan rings is 1. The van der Waals surface area contributed by atoms with Gasteiger partial charge in [-0.3, -0.25) is 0 Å². The highest BCUT2D eigenvalue weighted by atomic mass is 19.4. The molecular formula is C16H15F3N2O. The fourth-order valence-electron chi connectivity index (χ4n) is 2.37. The summed E-state index contributed by atoms with van der Waals surface area (Å²) in [4.78, 5) is 0. The van der Waals surface area contributed by atoms with E-state index in [1.54, 1.807) is 13.0 Å². The summed E-state index contributed by atoms with van der Waals surface area (Å²) >= 11 is 0. The minimum atomic E-state index is -4.56. The first-order valence-corrected chi connectivity index (χ1v) is 6.67. The second-order valence-electron chi connectivity index (χ2n) is 5.10. The molecule has 1 unspecified atom stereocenters. The fraction of sp³-hybridized carbons (Fsp3) is 0.312. The Labute approximate surface area is 126 Å². The summed E-state index contributed by atoms with van der Waals surface area (Å²) in [5.41, 5.74) is -0.138. The lowest BCUT2D eigenvalue weighted by molar-refractivity contribution is -0.137. The van der Waals surface area contributed by atoms with Crippen molar-refractivity contribution in [2.75, 3.05) is 5.32 Å². The van der Waals surface area contributed by atoms with E-state index in [0.717, 1.165) is 23.2 Å². The summed E-state index contributed by atoms with van der Waals surface area (Å²) in [5, 5.41) is 11.8. The smallest absolute Gasteiger partial charge is 0.417 e. The number of aryl methyl sites for hydroxylation is 2. The van der Waals surface area contributed by atoms with Crippen molar-refractivity contribution >= 4 is 5.69 Å². The first kappa shape index (κ1) is 16.0. The lowest BCUT2D eigenvalue weighted by Crippen LogP contribution is -2.11. The van der Waals surface area contributed by atoms with Crippen LogP contribution in [0.5, 0.6) is 0 Å². The van der Waals surface area contributed by atoms with Crippen LogP contribution in [0.2, 0.25) is 0 Å². The molecule has 0 spiro atoms. The molecule has 0 aliphatic rings. The molecule has 2 aromatic rings. The van der Waals surface area contributed by atoms with Crippen molar-refractivity contribution < 1.29 is 17.6 Å². The largest absolute Gasteiger partial charge is 0.466 e. The zero-order valence-electron chi connectivity index (χ0n) is 12.4. The van der Waals surface area contributed by atoms with Crippen LogP contribution in [0.25, 0.3) is 0 Å². The van der Waals surface area contributed by atoms with Gasteiger partial charge in [-0.2, -0.15) is 18.4 Å². The summed E-state index contributed by atoms with van der Waals surface area (Å²) in [7, 11) is 0. The SMILES string of the molecule is Cc1cc(C(C)Nc2ccc(C#N)c(C(F)(F)F)c2)c(C)o1. The molecule has 22 heavy (non-hydrogen) atoms. The van der Waals surface area contributed by atoms with E-state index in [1.165, 1.54) is 12.1 Å². The number of benzene rings is 1.